The Morgan fingerprint density at radius 2 is 1.53 bits per heavy atom. The Kier molecular flexibility index (Phi) is 5.82. The first-order valence-corrected chi connectivity index (χ1v) is 8.62. The first-order chi connectivity index (χ1) is 8.31. The summed E-state index contributed by atoms with van der Waals surface area (Å²) in [6.07, 6.45) is 14.3. The molecule has 0 aliphatic carbocycles. The van der Waals surface area contributed by atoms with E-state index in [1.165, 1.54) is 70.8 Å². The lowest BCUT2D eigenvalue weighted by Crippen LogP contribution is -2.43. The van der Waals surface area contributed by atoms with Crippen molar-refractivity contribution in [3.8, 4) is 0 Å². The number of rotatable bonds is 7. The molecule has 2 bridgehead atoms. The predicted molar refractivity (Wildman–Crippen MR) is 78.8 cm³/mol. The maximum Gasteiger partial charge on any atom is 0.0175 e. The first-order valence-electron chi connectivity index (χ1n) is 7.71. The molecule has 2 aliphatic rings. The van der Waals surface area contributed by atoms with Crippen molar-refractivity contribution >= 4 is 15.9 Å². The van der Waals surface area contributed by atoms with Crippen LogP contribution in [-0.2, 0) is 0 Å². The highest BCUT2D eigenvalue weighted by atomic mass is 79.9. The number of nitrogens with zero attached hydrogens (tertiary/aromatic N) is 1. The topological polar surface area (TPSA) is 3.24 Å². The number of hydrogen-bond donors (Lipinski definition) is 0. The third kappa shape index (κ3) is 3.96. The number of piperidine rings is 1. The summed E-state index contributed by atoms with van der Waals surface area (Å²) >= 11 is 3.82. The molecule has 0 aromatic rings. The Bertz CT molecular complexity index is 205. The molecule has 2 unspecified atom stereocenters. The lowest BCUT2D eigenvalue weighted by Gasteiger charge is -2.37. The number of halogens is 1. The van der Waals surface area contributed by atoms with Gasteiger partial charge in [0.2, 0.25) is 0 Å². The first kappa shape index (κ1) is 13.9. The summed E-state index contributed by atoms with van der Waals surface area (Å²) in [6, 6.07) is 1.82. The van der Waals surface area contributed by atoms with Crippen LogP contribution in [0, 0.1) is 0 Å². The fourth-order valence-corrected chi connectivity index (χ4v) is 4.51. The fraction of sp³-hybridized carbons (Fsp3) is 1.00. The van der Waals surface area contributed by atoms with Crippen molar-refractivity contribution in [3.63, 3.8) is 0 Å². The molecule has 2 heteroatoms. The van der Waals surface area contributed by atoms with Gasteiger partial charge in [-0.3, -0.25) is 4.90 Å². The summed E-state index contributed by atoms with van der Waals surface area (Å²) < 4.78 is 0. The molecular weight excluding hydrogens is 274 g/mol. The molecule has 2 aliphatic heterocycles. The Balaban J connectivity index is 1.60. The molecule has 2 saturated heterocycles. The van der Waals surface area contributed by atoms with Gasteiger partial charge in [-0.2, -0.15) is 0 Å². The van der Waals surface area contributed by atoms with Crippen LogP contribution in [0.3, 0.4) is 0 Å². The van der Waals surface area contributed by atoms with Crippen molar-refractivity contribution in [1.29, 1.82) is 0 Å². The summed E-state index contributed by atoms with van der Waals surface area (Å²) in [6.45, 7) is 3.67. The monoisotopic (exact) mass is 301 g/mol. The molecule has 0 spiro atoms. The van der Waals surface area contributed by atoms with Gasteiger partial charge >= 0.3 is 0 Å². The van der Waals surface area contributed by atoms with Gasteiger partial charge in [-0.1, -0.05) is 55.0 Å². The van der Waals surface area contributed by atoms with E-state index >= 15 is 0 Å². The quantitative estimate of drug-likeness (QED) is 0.485. The molecule has 2 heterocycles. The summed E-state index contributed by atoms with van der Waals surface area (Å²) in [4.78, 5) is 3.64. The lowest BCUT2D eigenvalue weighted by atomic mass is 10.0. The van der Waals surface area contributed by atoms with Gasteiger partial charge in [0.25, 0.3) is 0 Å². The predicted octanol–water partition coefficient (Wildman–Crippen LogP) is 4.74. The van der Waals surface area contributed by atoms with Crippen molar-refractivity contribution in [1.82, 2.24) is 4.90 Å². The Labute approximate surface area is 115 Å². The number of unbranched alkanes of at least 4 members (excludes halogenated alkanes) is 5. The minimum absolute atomic E-state index is 0.806. The minimum atomic E-state index is 0.806. The molecule has 0 N–H and O–H groups in total. The van der Waals surface area contributed by atoms with E-state index in [0.717, 1.165) is 16.9 Å². The van der Waals surface area contributed by atoms with Crippen LogP contribution in [0.5, 0.6) is 0 Å². The van der Waals surface area contributed by atoms with E-state index in [4.69, 9.17) is 0 Å². The van der Waals surface area contributed by atoms with E-state index in [2.05, 4.69) is 27.8 Å². The molecule has 0 amide bonds. The highest BCUT2D eigenvalue weighted by Crippen LogP contribution is 2.38. The number of hydrogen-bond acceptors (Lipinski definition) is 1. The van der Waals surface area contributed by atoms with Crippen molar-refractivity contribution in [2.24, 2.45) is 0 Å². The highest BCUT2D eigenvalue weighted by molar-refractivity contribution is 9.09. The van der Waals surface area contributed by atoms with Crippen LogP contribution < -0.4 is 0 Å². The van der Waals surface area contributed by atoms with Crippen LogP contribution in [0.4, 0.5) is 0 Å². The summed E-state index contributed by atoms with van der Waals surface area (Å²) in [7, 11) is 0. The molecule has 0 aromatic heterocycles. The van der Waals surface area contributed by atoms with E-state index in [9.17, 15) is 0 Å². The maximum atomic E-state index is 3.82. The van der Waals surface area contributed by atoms with Gasteiger partial charge in [-0.05, 0) is 38.6 Å². The smallest absolute Gasteiger partial charge is 0.0175 e. The second-order valence-corrected chi connectivity index (χ2v) is 7.25. The Morgan fingerprint density at radius 1 is 0.941 bits per heavy atom. The zero-order valence-electron chi connectivity index (χ0n) is 11.3. The van der Waals surface area contributed by atoms with Crippen LogP contribution in [-0.4, -0.2) is 28.4 Å². The second-order valence-electron chi connectivity index (χ2n) is 5.96. The molecule has 100 valence electrons. The Hall–Kier alpha value is 0.440. The highest BCUT2D eigenvalue weighted by Gasteiger charge is 2.39. The molecule has 2 atom stereocenters. The SMILES string of the molecule is CCCCCCCCN1C2CCC1CC(Br)C2. The van der Waals surface area contributed by atoms with E-state index in [1.807, 2.05) is 0 Å². The van der Waals surface area contributed by atoms with Crippen LogP contribution in [0.2, 0.25) is 0 Å². The molecule has 0 saturated carbocycles. The van der Waals surface area contributed by atoms with E-state index in [1.54, 1.807) is 0 Å². The molecular formula is C15H28BrN. The van der Waals surface area contributed by atoms with Crippen molar-refractivity contribution in [3.05, 3.63) is 0 Å². The zero-order valence-corrected chi connectivity index (χ0v) is 12.9. The molecule has 2 fully saturated rings. The van der Waals surface area contributed by atoms with Crippen LogP contribution in [0.25, 0.3) is 0 Å². The van der Waals surface area contributed by atoms with Crippen LogP contribution >= 0.6 is 15.9 Å². The third-order valence-corrected chi connectivity index (χ3v) is 5.34. The van der Waals surface area contributed by atoms with Crippen molar-refractivity contribution in [2.75, 3.05) is 6.54 Å². The normalized spacial score (nSPS) is 33.2. The van der Waals surface area contributed by atoms with E-state index < -0.39 is 0 Å². The molecule has 17 heavy (non-hydrogen) atoms. The second kappa shape index (κ2) is 7.13. The average Bonchev–Trinajstić information content (AvgIpc) is 2.56. The van der Waals surface area contributed by atoms with E-state index in [0.29, 0.717) is 0 Å². The number of fused-ring (bicyclic) bond motifs is 2. The summed E-state index contributed by atoms with van der Waals surface area (Å²) in [5.41, 5.74) is 0. The van der Waals surface area contributed by atoms with Gasteiger partial charge < -0.3 is 0 Å². The summed E-state index contributed by atoms with van der Waals surface area (Å²) in [5.74, 6) is 0. The largest absolute Gasteiger partial charge is 0.297 e. The summed E-state index contributed by atoms with van der Waals surface area (Å²) in [5, 5.41) is 0. The van der Waals surface area contributed by atoms with Crippen molar-refractivity contribution < 1.29 is 0 Å². The van der Waals surface area contributed by atoms with Gasteiger partial charge in [-0.25, -0.2) is 0 Å². The van der Waals surface area contributed by atoms with Crippen LogP contribution in [0.1, 0.15) is 71.1 Å². The van der Waals surface area contributed by atoms with Gasteiger partial charge in [0.05, 0.1) is 0 Å². The third-order valence-electron chi connectivity index (χ3n) is 4.60. The minimum Gasteiger partial charge on any atom is -0.297 e. The molecule has 1 nitrogen and oxygen atoms in total. The maximum absolute atomic E-state index is 3.82. The molecule has 0 radical (unpaired) electrons. The molecule has 0 aromatic carbocycles. The van der Waals surface area contributed by atoms with E-state index in [-0.39, 0.29) is 0 Å². The van der Waals surface area contributed by atoms with Crippen LogP contribution in [0.15, 0.2) is 0 Å². The lowest BCUT2D eigenvalue weighted by molar-refractivity contribution is 0.142. The van der Waals surface area contributed by atoms with Crippen molar-refractivity contribution in [2.45, 2.75) is 88.0 Å². The van der Waals surface area contributed by atoms with Gasteiger partial charge in [-0.15, -0.1) is 0 Å². The zero-order chi connectivity index (χ0) is 12.1. The van der Waals surface area contributed by atoms with Gasteiger partial charge in [0.15, 0.2) is 0 Å². The van der Waals surface area contributed by atoms with Gasteiger partial charge in [0, 0.05) is 16.9 Å². The average molecular weight is 302 g/mol. The fourth-order valence-electron chi connectivity index (χ4n) is 3.65. The Morgan fingerprint density at radius 3 is 2.18 bits per heavy atom. The van der Waals surface area contributed by atoms with Gasteiger partial charge in [0.1, 0.15) is 0 Å². The standard InChI is InChI=1S/C15H28BrN/c1-2-3-4-5-6-7-10-17-14-8-9-15(17)12-13(16)11-14/h13-15H,2-12H2,1H3. The number of alkyl halides is 1. The molecule has 2 rings (SSSR count).